The minimum absolute atomic E-state index is 0.874. The first kappa shape index (κ1) is 9.99. The summed E-state index contributed by atoms with van der Waals surface area (Å²) in [6.07, 6.45) is 4.02. The number of benzene rings is 1. The molecule has 0 spiro atoms. The first-order chi connectivity index (χ1) is 7.42. The summed E-state index contributed by atoms with van der Waals surface area (Å²) in [4.78, 5) is 0. The Morgan fingerprint density at radius 2 is 2.13 bits per heavy atom. The smallest absolute Gasteiger partial charge is 0.0480 e. The second-order valence-electron chi connectivity index (χ2n) is 3.56. The van der Waals surface area contributed by atoms with Crippen molar-refractivity contribution in [1.29, 1.82) is 0 Å². The molecule has 1 aromatic carbocycles. The van der Waals surface area contributed by atoms with Crippen LogP contribution in [-0.2, 0) is 6.54 Å². The van der Waals surface area contributed by atoms with Crippen LogP contribution in [0.4, 0.5) is 0 Å². The van der Waals surface area contributed by atoms with Gasteiger partial charge in [-0.15, -0.1) is 6.58 Å². The number of para-hydroxylation sites is 1. The maximum Gasteiger partial charge on any atom is 0.0480 e. The van der Waals surface area contributed by atoms with Crippen LogP contribution in [0, 0.1) is 0 Å². The molecule has 2 rings (SSSR count). The zero-order valence-corrected chi connectivity index (χ0v) is 8.82. The van der Waals surface area contributed by atoms with Crippen LogP contribution >= 0.6 is 0 Å². The van der Waals surface area contributed by atoms with E-state index in [0.717, 1.165) is 19.6 Å². The van der Waals surface area contributed by atoms with E-state index in [-0.39, 0.29) is 0 Å². The van der Waals surface area contributed by atoms with Gasteiger partial charge < -0.3 is 9.88 Å². The van der Waals surface area contributed by atoms with E-state index in [4.69, 9.17) is 0 Å². The highest BCUT2D eigenvalue weighted by Gasteiger charge is 1.98. The Morgan fingerprint density at radius 3 is 3.00 bits per heavy atom. The molecule has 0 fully saturated rings. The van der Waals surface area contributed by atoms with Gasteiger partial charge in [0.15, 0.2) is 0 Å². The van der Waals surface area contributed by atoms with Crippen molar-refractivity contribution >= 4 is 10.9 Å². The van der Waals surface area contributed by atoms with Crippen molar-refractivity contribution < 1.29 is 0 Å². The Kier molecular flexibility index (Phi) is 3.20. The first-order valence-corrected chi connectivity index (χ1v) is 5.27. The van der Waals surface area contributed by atoms with Crippen LogP contribution < -0.4 is 5.32 Å². The fourth-order valence-electron chi connectivity index (χ4n) is 1.74. The van der Waals surface area contributed by atoms with Gasteiger partial charge in [-0.1, -0.05) is 24.3 Å². The summed E-state index contributed by atoms with van der Waals surface area (Å²) >= 11 is 0. The van der Waals surface area contributed by atoms with E-state index in [9.17, 15) is 0 Å². The lowest BCUT2D eigenvalue weighted by Gasteiger charge is -2.05. The van der Waals surface area contributed by atoms with Crippen LogP contribution in [0.1, 0.15) is 0 Å². The molecule has 0 unspecified atom stereocenters. The molecular formula is C13H16N2. The largest absolute Gasteiger partial charge is 0.346 e. The lowest BCUT2D eigenvalue weighted by molar-refractivity contribution is 0.641. The van der Waals surface area contributed by atoms with Crippen molar-refractivity contribution in [2.45, 2.75) is 6.54 Å². The molecule has 1 heterocycles. The van der Waals surface area contributed by atoms with Gasteiger partial charge in [0.05, 0.1) is 0 Å². The predicted octanol–water partition coefficient (Wildman–Crippen LogP) is 2.42. The number of hydrogen-bond acceptors (Lipinski definition) is 1. The average molecular weight is 200 g/mol. The van der Waals surface area contributed by atoms with Gasteiger partial charge in [0.2, 0.25) is 0 Å². The van der Waals surface area contributed by atoms with Gasteiger partial charge in [0, 0.05) is 31.3 Å². The predicted molar refractivity (Wildman–Crippen MR) is 65.0 cm³/mol. The van der Waals surface area contributed by atoms with Crippen molar-refractivity contribution in [1.82, 2.24) is 9.88 Å². The number of rotatable bonds is 5. The van der Waals surface area contributed by atoms with Crippen LogP contribution in [0.3, 0.4) is 0 Å². The second-order valence-corrected chi connectivity index (χ2v) is 3.56. The molecule has 1 N–H and O–H groups in total. The lowest BCUT2D eigenvalue weighted by Crippen LogP contribution is -2.19. The van der Waals surface area contributed by atoms with Crippen molar-refractivity contribution in [3.05, 3.63) is 49.2 Å². The van der Waals surface area contributed by atoms with Gasteiger partial charge in [0.25, 0.3) is 0 Å². The van der Waals surface area contributed by atoms with Crippen molar-refractivity contribution in [3.63, 3.8) is 0 Å². The normalized spacial score (nSPS) is 10.7. The molecule has 0 saturated carbocycles. The van der Waals surface area contributed by atoms with Crippen LogP contribution in [0.15, 0.2) is 49.2 Å². The quantitative estimate of drug-likeness (QED) is 0.579. The Morgan fingerprint density at radius 1 is 1.27 bits per heavy atom. The first-order valence-electron chi connectivity index (χ1n) is 5.27. The average Bonchev–Trinajstić information content (AvgIpc) is 2.68. The molecule has 2 heteroatoms. The van der Waals surface area contributed by atoms with Crippen LogP contribution in [0.2, 0.25) is 0 Å². The van der Waals surface area contributed by atoms with E-state index in [0.29, 0.717) is 0 Å². The molecule has 2 nitrogen and oxygen atoms in total. The van der Waals surface area contributed by atoms with Crippen molar-refractivity contribution in [2.75, 3.05) is 13.1 Å². The number of nitrogens with one attached hydrogen (secondary N) is 1. The highest BCUT2D eigenvalue weighted by atomic mass is 15.0. The molecule has 0 aliphatic rings. The second kappa shape index (κ2) is 4.80. The maximum absolute atomic E-state index is 3.68. The molecular weight excluding hydrogens is 184 g/mol. The summed E-state index contributed by atoms with van der Waals surface area (Å²) in [5.74, 6) is 0. The Hall–Kier alpha value is -1.54. The molecule has 1 aromatic heterocycles. The van der Waals surface area contributed by atoms with Gasteiger partial charge in [-0.3, -0.25) is 0 Å². The zero-order chi connectivity index (χ0) is 10.5. The summed E-state index contributed by atoms with van der Waals surface area (Å²) < 4.78 is 2.27. The molecule has 0 aliphatic carbocycles. The monoisotopic (exact) mass is 200 g/mol. The van der Waals surface area contributed by atoms with Gasteiger partial charge in [0.1, 0.15) is 0 Å². The molecule has 15 heavy (non-hydrogen) atoms. The number of aromatic nitrogens is 1. The highest BCUT2D eigenvalue weighted by Crippen LogP contribution is 2.14. The van der Waals surface area contributed by atoms with Crippen LogP contribution in [0.25, 0.3) is 10.9 Å². The minimum Gasteiger partial charge on any atom is -0.346 e. The van der Waals surface area contributed by atoms with Crippen LogP contribution in [-0.4, -0.2) is 17.7 Å². The number of fused-ring (bicyclic) bond motifs is 1. The van der Waals surface area contributed by atoms with E-state index in [1.165, 1.54) is 10.9 Å². The highest BCUT2D eigenvalue weighted by molar-refractivity contribution is 5.79. The van der Waals surface area contributed by atoms with E-state index < -0.39 is 0 Å². The van der Waals surface area contributed by atoms with Crippen LogP contribution in [0.5, 0.6) is 0 Å². The number of hydrogen-bond donors (Lipinski definition) is 1. The Labute approximate surface area is 90.2 Å². The van der Waals surface area contributed by atoms with Crippen molar-refractivity contribution in [3.8, 4) is 0 Å². The fourth-order valence-corrected chi connectivity index (χ4v) is 1.74. The molecule has 0 amide bonds. The summed E-state index contributed by atoms with van der Waals surface area (Å²) in [6.45, 7) is 6.53. The topological polar surface area (TPSA) is 17.0 Å². The third kappa shape index (κ3) is 2.28. The molecule has 0 radical (unpaired) electrons. The van der Waals surface area contributed by atoms with E-state index in [1.54, 1.807) is 0 Å². The summed E-state index contributed by atoms with van der Waals surface area (Å²) in [6, 6.07) is 10.6. The van der Waals surface area contributed by atoms with E-state index in [2.05, 4.69) is 53.0 Å². The Bertz CT molecular complexity index is 442. The fraction of sp³-hybridized carbons (Fsp3) is 0.231. The molecule has 78 valence electrons. The standard InChI is InChI=1S/C13H16N2/c1-2-8-14-9-11-15-10-7-12-5-3-4-6-13(12)15/h2-7,10,14H,1,8-9,11H2. The third-order valence-corrected chi connectivity index (χ3v) is 2.50. The van der Waals surface area contributed by atoms with Crippen molar-refractivity contribution in [2.24, 2.45) is 0 Å². The minimum atomic E-state index is 0.874. The van der Waals surface area contributed by atoms with E-state index >= 15 is 0 Å². The zero-order valence-electron chi connectivity index (χ0n) is 8.82. The lowest BCUT2D eigenvalue weighted by atomic mass is 10.2. The SMILES string of the molecule is C=CCNCCn1ccc2ccccc21. The molecule has 0 aliphatic heterocycles. The van der Waals surface area contributed by atoms with E-state index in [1.807, 2.05) is 6.08 Å². The third-order valence-electron chi connectivity index (χ3n) is 2.50. The molecule has 0 bridgehead atoms. The maximum atomic E-state index is 3.68. The summed E-state index contributed by atoms with van der Waals surface area (Å²) in [5.41, 5.74) is 1.30. The van der Waals surface area contributed by atoms with Gasteiger partial charge in [-0.25, -0.2) is 0 Å². The van der Waals surface area contributed by atoms with Gasteiger partial charge in [-0.05, 0) is 17.5 Å². The molecule has 2 aromatic rings. The van der Waals surface area contributed by atoms with Gasteiger partial charge in [-0.2, -0.15) is 0 Å². The van der Waals surface area contributed by atoms with Gasteiger partial charge >= 0.3 is 0 Å². The number of nitrogens with zero attached hydrogens (tertiary/aromatic N) is 1. The molecule has 0 atom stereocenters. The molecule has 0 saturated heterocycles. The Balaban J connectivity index is 2.05. The summed E-state index contributed by atoms with van der Waals surface area (Å²) in [5, 5.41) is 4.61. The summed E-state index contributed by atoms with van der Waals surface area (Å²) in [7, 11) is 0.